The Morgan fingerprint density at radius 2 is 1.86 bits per heavy atom. The highest BCUT2D eigenvalue weighted by Gasteiger charge is 2.44. The van der Waals surface area contributed by atoms with Crippen molar-refractivity contribution in [3.05, 3.63) is 34.9 Å². The molecule has 3 rings (SSSR count). The number of benzene rings is 1. The van der Waals surface area contributed by atoms with Gasteiger partial charge in [-0.2, -0.15) is 0 Å². The maximum atomic E-state index is 2.54. The third-order valence-electron chi connectivity index (χ3n) is 6.00. The lowest BCUT2D eigenvalue weighted by atomic mass is 9.55. The van der Waals surface area contributed by atoms with E-state index in [1.807, 2.05) is 13.8 Å². The molecule has 0 saturated heterocycles. The summed E-state index contributed by atoms with van der Waals surface area (Å²) in [4.78, 5) is 0. The Hall–Kier alpha value is -0.780. The molecular formula is C21H34. The van der Waals surface area contributed by atoms with Gasteiger partial charge in [0.1, 0.15) is 0 Å². The number of hydrogen-bond acceptors (Lipinski definition) is 0. The standard InChI is InChI=1S/C19H28.C2H6/c1-13(2)15-7-10-18-16(12-15)8-9-17-14(3)6-5-11-19(17,18)4;1-2/h7,10,12-14,17H,5-6,8-9,11H2,1-4H3;1-2H3. The van der Waals surface area contributed by atoms with Crippen molar-refractivity contribution in [3.63, 3.8) is 0 Å². The molecule has 0 bridgehead atoms. The molecule has 0 radical (unpaired) electrons. The summed E-state index contributed by atoms with van der Waals surface area (Å²) >= 11 is 0. The second-order valence-corrected chi connectivity index (χ2v) is 7.50. The van der Waals surface area contributed by atoms with E-state index in [0.717, 1.165) is 11.8 Å². The van der Waals surface area contributed by atoms with Crippen molar-refractivity contribution in [1.29, 1.82) is 0 Å². The van der Waals surface area contributed by atoms with Crippen molar-refractivity contribution >= 4 is 0 Å². The molecule has 118 valence electrons. The fourth-order valence-electron chi connectivity index (χ4n) is 4.79. The molecule has 1 saturated carbocycles. The van der Waals surface area contributed by atoms with Crippen molar-refractivity contribution < 1.29 is 0 Å². The van der Waals surface area contributed by atoms with E-state index >= 15 is 0 Å². The van der Waals surface area contributed by atoms with E-state index in [2.05, 4.69) is 45.9 Å². The second kappa shape index (κ2) is 6.55. The van der Waals surface area contributed by atoms with Crippen LogP contribution in [0, 0.1) is 11.8 Å². The molecule has 0 aromatic heterocycles. The van der Waals surface area contributed by atoms with E-state index in [4.69, 9.17) is 0 Å². The largest absolute Gasteiger partial charge is 0.0683 e. The number of fused-ring (bicyclic) bond motifs is 3. The van der Waals surface area contributed by atoms with Gasteiger partial charge in [-0.15, -0.1) is 0 Å². The molecule has 21 heavy (non-hydrogen) atoms. The van der Waals surface area contributed by atoms with Gasteiger partial charge in [0.05, 0.1) is 0 Å². The monoisotopic (exact) mass is 286 g/mol. The number of rotatable bonds is 1. The zero-order chi connectivity index (χ0) is 15.6. The Kier molecular flexibility index (Phi) is 5.17. The van der Waals surface area contributed by atoms with E-state index in [1.54, 1.807) is 11.1 Å². The minimum Gasteiger partial charge on any atom is -0.0683 e. The molecule has 3 atom stereocenters. The Morgan fingerprint density at radius 3 is 2.52 bits per heavy atom. The molecule has 0 nitrogen and oxygen atoms in total. The Labute approximate surface area is 132 Å². The van der Waals surface area contributed by atoms with Crippen LogP contribution in [0.2, 0.25) is 0 Å². The lowest BCUT2D eigenvalue weighted by Gasteiger charge is -2.49. The van der Waals surface area contributed by atoms with Crippen molar-refractivity contribution in [1.82, 2.24) is 0 Å². The van der Waals surface area contributed by atoms with E-state index in [1.165, 1.54) is 37.7 Å². The lowest BCUT2D eigenvalue weighted by Crippen LogP contribution is -2.43. The van der Waals surface area contributed by atoms with Crippen molar-refractivity contribution in [2.24, 2.45) is 11.8 Å². The van der Waals surface area contributed by atoms with Crippen LogP contribution in [0.4, 0.5) is 0 Å². The average molecular weight is 287 g/mol. The summed E-state index contributed by atoms with van der Waals surface area (Å²) in [5.41, 5.74) is 5.31. The van der Waals surface area contributed by atoms with Crippen LogP contribution in [-0.2, 0) is 11.8 Å². The van der Waals surface area contributed by atoms with Crippen LogP contribution in [0.25, 0.3) is 0 Å². The fourth-order valence-corrected chi connectivity index (χ4v) is 4.79. The molecule has 1 fully saturated rings. The zero-order valence-electron chi connectivity index (χ0n) is 15.0. The van der Waals surface area contributed by atoms with E-state index < -0.39 is 0 Å². The topological polar surface area (TPSA) is 0 Å². The van der Waals surface area contributed by atoms with E-state index in [-0.39, 0.29) is 0 Å². The van der Waals surface area contributed by atoms with Gasteiger partial charge < -0.3 is 0 Å². The molecule has 0 amide bonds. The summed E-state index contributed by atoms with van der Waals surface area (Å²) in [6, 6.07) is 7.35. The molecule has 2 aliphatic rings. The van der Waals surface area contributed by atoms with Crippen molar-refractivity contribution in [2.45, 2.75) is 85.0 Å². The van der Waals surface area contributed by atoms with Crippen LogP contribution in [0.1, 0.15) is 89.8 Å². The molecule has 0 spiro atoms. The van der Waals surface area contributed by atoms with Gasteiger partial charge >= 0.3 is 0 Å². The lowest BCUT2D eigenvalue weighted by molar-refractivity contribution is 0.118. The van der Waals surface area contributed by atoms with Crippen LogP contribution in [-0.4, -0.2) is 0 Å². The zero-order valence-corrected chi connectivity index (χ0v) is 15.0. The molecule has 1 aromatic carbocycles. The van der Waals surface area contributed by atoms with Crippen LogP contribution in [0.5, 0.6) is 0 Å². The maximum Gasteiger partial charge on any atom is -0.00417 e. The first-order chi connectivity index (χ1) is 10.0. The van der Waals surface area contributed by atoms with Gasteiger partial charge in [-0.1, -0.05) is 72.6 Å². The summed E-state index contributed by atoms with van der Waals surface area (Å²) < 4.78 is 0. The predicted molar refractivity (Wildman–Crippen MR) is 94.1 cm³/mol. The summed E-state index contributed by atoms with van der Waals surface area (Å²) in [6.07, 6.45) is 6.97. The van der Waals surface area contributed by atoms with Gasteiger partial charge in [0.15, 0.2) is 0 Å². The number of aryl methyl sites for hydroxylation is 1. The van der Waals surface area contributed by atoms with E-state index in [9.17, 15) is 0 Å². The maximum absolute atomic E-state index is 2.54. The van der Waals surface area contributed by atoms with Crippen LogP contribution < -0.4 is 0 Å². The third kappa shape index (κ3) is 2.91. The van der Waals surface area contributed by atoms with Crippen molar-refractivity contribution in [2.75, 3.05) is 0 Å². The highest BCUT2D eigenvalue weighted by molar-refractivity contribution is 5.41. The summed E-state index contributed by atoms with van der Waals surface area (Å²) in [5, 5.41) is 0. The Balaban J connectivity index is 0.000000774. The summed E-state index contributed by atoms with van der Waals surface area (Å²) in [6.45, 7) is 13.6. The van der Waals surface area contributed by atoms with Gasteiger partial charge in [-0.05, 0) is 59.1 Å². The molecule has 0 aliphatic heterocycles. The third-order valence-corrected chi connectivity index (χ3v) is 6.00. The predicted octanol–water partition coefficient (Wildman–Crippen LogP) is 6.48. The molecule has 3 unspecified atom stereocenters. The van der Waals surface area contributed by atoms with Crippen LogP contribution in [0.3, 0.4) is 0 Å². The highest BCUT2D eigenvalue weighted by Crippen LogP contribution is 2.52. The SMILES string of the molecule is CC.CC(C)c1ccc2c(c1)CCC1C(C)CCCC21C. The van der Waals surface area contributed by atoms with Crippen molar-refractivity contribution in [3.8, 4) is 0 Å². The molecule has 0 heteroatoms. The summed E-state index contributed by atoms with van der Waals surface area (Å²) in [5.74, 6) is 2.48. The first-order valence-corrected chi connectivity index (χ1v) is 9.15. The van der Waals surface area contributed by atoms with Gasteiger partial charge in [-0.25, -0.2) is 0 Å². The van der Waals surface area contributed by atoms with Gasteiger partial charge in [-0.3, -0.25) is 0 Å². The minimum atomic E-state index is 0.459. The van der Waals surface area contributed by atoms with Crippen LogP contribution >= 0.6 is 0 Å². The summed E-state index contributed by atoms with van der Waals surface area (Å²) in [7, 11) is 0. The minimum absolute atomic E-state index is 0.459. The molecular weight excluding hydrogens is 252 g/mol. The first kappa shape index (κ1) is 16.6. The highest BCUT2D eigenvalue weighted by atomic mass is 14.5. The molecule has 2 aliphatic carbocycles. The molecule has 0 heterocycles. The Morgan fingerprint density at radius 1 is 1.14 bits per heavy atom. The van der Waals surface area contributed by atoms with E-state index in [0.29, 0.717) is 11.3 Å². The second-order valence-electron chi connectivity index (χ2n) is 7.50. The number of hydrogen-bond donors (Lipinski definition) is 0. The first-order valence-electron chi connectivity index (χ1n) is 9.15. The van der Waals surface area contributed by atoms with Gasteiger partial charge in [0.2, 0.25) is 0 Å². The molecule has 0 N–H and O–H groups in total. The fraction of sp³-hybridized carbons (Fsp3) is 0.714. The smallest absolute Gasteiger partial charge is 0.00417 e. The van der Waals surface area contributed by atoms with Crippen LogP contribution in [0.15, 0.2) is 18.2 Å². The quantitative estimate of drug-likeness (QED) is 0.554. The van der Waals surface area contributed by atoms with Gasteiger partial charge in [0, 0.05) is 0 Å². The normalized spacial score (nSPS) is 31.0. The Bertz CT molecular complexity index is 471. The molecule has 1 aromatic rings. The average Bonchev–Trinajstić information content (AvgIpc) is 2.48. The van der Waals surface area contributed by atoms with Gasteiger partial charge in [0.25, 0.3) is 0 Å².